The van der Waals surface area contributed by atoms with Crippen molar-refractivity contribution in [3.63, 3.8) is 0 Å². The van der Waals surface area contributed by atoms with E-state index in [9.17, 15) is 0 Å². The molecule has 0 saturated carbocycles. The minimum Gasteiger partial charge on any atom is -1.00 e. The summed E-state index contributed by atoms with van der Waals surface area (Å²) in [6.07, 6.45) is 24.1. The van der Waals surface area contributed by atoms with Crippen LogP contribution in [-0.4, -0.2) is 4.82 Å². The third-order valence-electron chi connectivity index (χ3n) is 5.70. The van der Waals surface area contributed by atoms with E-state index in [4.69, 9.17) is 0 Å². The zero-order valence-corrected chi connectivity index (χ0v) is 21.3. The van der Waals surface area contributed by atoms with Crippen molar-refractivity contribution in [1.82, 2.24) is 0 Å². The van der Waals surface area contributed by atoms with Crippen LogP contribution in [0.2, 0.25) is 0 Å². The van der Waals surface area contributed by atoms with Crippen LogP contribution < -0.4 is 24.8 Å². The molecule has 6 rings (SSSR count). The summed E-state index contributed by atoms with van der Waals surface area (Å²) in [6.45, 7) is 4.25. The van der Waals surface area contributed by atoms with Gasteiger partial charge in [-0.1, -0.05) is 47.6 Å². The molecule has 3 heteroatoms. The fourth-order valence-corrected chi connectivity index (χ4v) is 4.28. The van der Waals surface area contributed by atoms with Crippen LogP contribution in [0.1, 0.15) is 45.2 Å². The van der Waals surface area contributed by atoms with Crippen molar-refractivity contribution in [3.05, 3.63) is 142 Å². The maximum atomic E-state index is 3.46. The van der Waals surface area contributed by atoms with E-state index >= 15 is 0 Å². The van der Waals surface area contributed by atoms with Crippen molar-refractivity contribution in [1.29, 1.82) is 0 Å². The van der Waals surface area contributed by atoms with Gasteiger partial charge in [0, 0.05) is 0 Å². The molecular formula is C29H24Cl2Ti-2. The van der Waals surface area contributed by atoms with Crippen LogP contribution in [0.4, 0.5) is 0 Å². The average molecular weight is 491 g/mol. The van der Waals surface area contributed by atoms with Crippen LogP contribution in [0, 0.1) is 26.0 Å². The smallest absolute Gasteiger partial charge is 1.00 e. The van der Waals surface area contributed by atoms with E-state index in [0.29, 0.717) is 11.8 Å². The zero-order chi connectivity index (χ0) is 21.1. The maximum Gasteiger partial charge on any atom is -1.00 e. The Labute approximate surface area is 216 Å². The summed E-state index contributed by atoms with van der Waals surface area (Å²) in [7, 11) is 0. The predicted octanol–water partition coefficient (Wildman–Crippen LogP) is 0.565. The summed E-state index contributed by atoms with van der Waals surface area (Å²) in [5, 5.41) is 0. The summed E-state index contributed by atoms with van der Waals surface area (Å²) in [4.78, 5) is 3.25. The topological polar surface area (TPSA) is 0 Å². The van der Waals surface area contributed by atoms with Gasteiger partial charge >= 0.3 is 24.8 Å². The fraction of sp³-hybridized carbons (Fsp3) is 0.138. The zero-order valence-electron chi connectivity index (χ0n) is 18.2. The first-order chi connectivity index (χ1) is 14.7. The molecule has 0 bridgehead atoms. The number of halogens is 2. The molecule has 0 saturated heterocycles. The summed E-state index contributed by atoms with van der Waals surface area (Å²) in [5.74, 6) is 0.909. The van der Waals surface area contributed by atoms with Gasteiger partial charge < -0.3 is 24.8 Å². The van der Waals surface area contributed by atoms with Crippen LogP contribution >= 0.6 is 0 Å². The minimum absolute atomic E-state index is 0. The summed E-state index contributed by atoms with van der Waals surface area (Å²) in [5.41, 5.74) is 10.5. The summed E-state index contributed by atoms with van der Waals surface area (Å²) >= 11 is 1.75. The first-order valence-corrected chi connectivity index (χ1v) is 11.3. The van der Waals surface area contributed by atoms with Crippen LogP contribution in [-0.2, 0) is 20.0 Å². The molecule has 0 heterocycles. The van der Waals surface area contributed by atoms with E-state index in [0.717, 1.165) is 0 Å². The summed E-state index contributed by atoms with van der Waals surface area (Å²) < 4.78 is 0. The first-order valence-electron chi connectivity index (χ1n) is 10.2. The predicted molar refractivity (Wildman–Crippen MR) is 123 cm³/mol. The molecular weight excluding hydrogens is 467 g/mol. The molecule has 4 aliphatic carbocycles. The van der Waals surface area contributed by atoms with Crippen molar-refractivity contribution in [2.75, 3.05) is 0 Å². The average Bonchev–Trinajstić information content (AvgIpc) is 3.32. The van der Waals surface area contributed by atoms with Crippen molar-refractivity contribution in [2.24, 2.45) is 0 Å². The second-order valence-electron chi connectivity index (χ2n) is 7.79. The number of fused-ring (bicyclic) bond motifs is 6. The minimum atomic E-state index is 0. The molecule has 2 unspecified atom stereocenters. The van der Waals surface area contributed by atoms with Gasteiger partial charge in [-0.05, 0) is 25.7 Å². The largest absolute Gasteiger partial charge is 1.00 e. The molecule has 2 aromatic rings. The maximum absolute atomic E-state index is 3.46. The molecule has 0 aliphatic heterocycles. The Bertz CT molecular complexity index is 1070. The van der Waals surface area contributed by atoms with Gasteiger partial charge in [0.2, 0.25) is 0 Å². The van der Waals surface area contributed by atoms with Gasteiger partial charge in [0.05, 0.1) is 0 Å². The van der Waals surface area contributed by atoms with Crippen molar-refractivity contribution in [3.8, 4) is 0 Å². The van der Waals surface area contributed by atoms with E-state index < -0.39 is 0 Å². The fourth-order valence-electron chi connectivity index (χ4n) is 4.28. The Kier molecular flexibility index (Phi) is 9.68. The second-order valence-corrected chi connectivity index (χ2v) is 7.79. The molecule has 2 aromatic carbocycles. The van der Waals surface area contributed by atoms with Crippen LogP contribution in [0.25, 0.3) is 0 Å². The molecule has 160 valence electrons. The first kappa shape index (κ1) is 26.3. The van der Waals surface area contributed by atoms with Gasteiger partial charge in [-0.25, -0.2) is 0 Å². The molecule has 0 aromatic heterocycles. The van der Waals surface area contributed by atoms with Crippen molar-refractivity contribution in [2.45, 2.75) is 25.7 Å². The Morgan fingerprint density at radius 1 is 0.656 bits per heavy atom. The molecule has 0 N–H and O–H groups in total. The van der Waals surface area contributed by atoms with E-state index in [1.54, 1.807) is 20.0 Å². The Morgan fingerprint density at radius 3 is 1.47 bits per heavy atom. The number of rotatable bonds is 0. The standard InChI is InChI=1S/2C14H11.CH2.2ClH.Ti/c2*1-10-6-7-14-12(8-10)9-11-4-2-3-5-13(11)14;;;;/h2*2-8,13H,1H3;1H2;2*1H;/q2*-1;;;;+2/p-2. The van der Waals surface area contributed by atoms with Gasteiger partial charge in [0.25, 0.3) is 0 Å². The number of benzene rings is 2. The quantitative estimate of drug-likeness (QED) is 0.374. The Balaban J connectivity index is 0.000000199. The van der Waals surface area contributed by atoms with Gasteiger partial charge in [0.15, 0.2) is 0 Å². The summed E-state index contributed by atoms with van der Waals surface area (Å²) in [6, 6.07) is 13.2. The van der Waals surface area contributed by atoms with Crippen LogP contribution in [0.15, 0.2) is 96.2 Å². The number of hydrogen-bond donors (Lipinski definition) is 0. The van der Waals surface area contributed by atoms with Gasteiger partial charge in [-0.2, -0.15) is 0 Å². The van der Waals surface area contributed by atoms with E-state index in [2.05, 4.69) is 116 Å². The van der Waals surface area contributed by atoms with Gasteiger partial charge in [-0.15, -0.1) is 94.1 Å². The molecule has 0 radical (unpaired) electrons. The molecule has 0 fully saturated rings. The van der Waals surface area contributed by atoms with Crippen molar-refractivity contribution < 1.29 is 44.8 Å². The molecule has 2 atom stereocenters. The molecule has 0 spiro atoms. The van der Waals surface area contributed by atoms with Gasteiger partial charge in [-0.3, -0.25) is 0 Å². The van der Waals surface area contributed by atoms with Gasteiger partial charge in [0.1, 0.15) is 0 Å². The van der Waals surface area contributed by atoms with Crippen LogP contribution in [0.5, 0.6) is 0 Å². The monoisotopic (exact) mass is 490 g/mol. The SMILES string of the molecule is Cc1ccc2c(c1)[C-]=C1C=CC=CC12.Cc1ccc2c(c1)[C-]=C1C=CC=CC12.[CH2]=[Ti+2].[Cl-].[Cl-]. The Morgan fingerprint density at radius 2 is 1.06 bits per heavy atom. The second kappa shape index (κ2) is 11.8. The normalized spacial score (nSPS) is 19.2. The number of hydrogen-bond acceptors (Lipinski definition) is 0. The molecule has 32 heavy (non-hydrogen) atoms. The van der Waals surface area contributed by atoms with E-state index in [-0.39, 0.29) is 24.8 Å². The number of aryl methyl sites for hydroxylation is 2. The molecule has 0 amide bonds. The van der Waals surface area contributed by atoms with E-state index in [1.807, 2.05) is 0 Å². The third-order valence-corrected chi connectivity index (χ3v) is 5.70. The Hall–Kier alpha value is -1.96. The van der Waals surface area contributed by atoms with Crippen LogP contribution in [0.3, 0.4) is 0 Å². The molecule has 4 aliphatic rings. The van der Waals surface area contributed by atoms with E-state index in [1.165, 1.54) is 44.5 Å². The third kappa shape index (κ3) is 5.33. The van der Waals surface area contributed by atoms with Crippen molar-refractivity contribution >= 4 is 4.82 Å². The number of allylic oxidation sites excluding steroid dienone is 10. The molecule has 0 nitrogen and oxygen atoms in total.